The second kappa shape index (κ2) is 5.71. The Hall–Kier alpha value is -0.280. The average molecular weight is 245 g/mol. The van der Waals surface area contributed by atoms with E-state index in [-0.39, 0.29) is 0 Å². The van der Waals surface area contributed by atoms with Crippen molar-refractivity contribution < 1.29 is 0 Å². The lowest BCUT2D eigenvalue weighted by Gasteiger charge is -2.20. The smallest absolute Gasteiger partial charge is 0.184 e. The van der Waals surface area contributed by atoms with Crippen molar-refractivity contribution in [2.45, 2.75) is 51.0 Å². The number of nitrogens with one attached hydrogen (secondary N) is 1. The summed E-state index contributed by atoms with van der Waals surface area (Å²) in [6.07, 6.45) is 9.42. The van der Waals surface area contributed by atoms with E-state index in [9.17, 15) is 0 Å². The molecule has 2 nitrogen and oxygen atoms in total. The summed E-state index contributed by atoms with van der Waals surface area (Å²) < 4.78 is 0. The number of thiazole rings is 1. The highest BCUT2D eigenvalue weighted by molar-refractivity contribution is 7.14. The zero-order valence-electron chi connectivity index (χ0n) is 8.84. The van der Waals surface area contributed by atoms with Crippen LogP contribution in [0.5, 0.6) is 0 Å². The zero-order valence-corrected chi connectivity index (χ0v) is 10.4. The minimum absolute atomic E-state index is 0.604. The Morgan fingerprint density at radius 2 is 1.87 bits per heavy atom. The summed E-state index contributed by atoms with van der Waals surface area (Å²) in [5.41, 5.74) is 0. The number of hydrogen-bond acceptors (Lipinski definition) is 3. The Balaban J connectivity index is 1.86. The van der Waals surface area contributed by atoms with Crippen molar-refractivity contribution in [3.05, 3.63) is 10.5 Å². The van der Waals surface area contributed by atoms with Crippen LogP contribution in [0.15, 0.2) is 5.38 Å². The first-order valence-corrected chi connectivity index (χ1v) is 6.98. The third-order valence-electron chi connectivity index (χ3n) is 2.91. The molecule has 0 aromatic carbocycles. The minimum Gasteiger partial charge on any atom is -0.359 e. The lowest BCUT2D eigenvalue weighted by molar-refractivity contribution is 0.471. The summed E-state index contributed by atoms with van der Waals surface area (Å²) in [4.78, 5) is 4.23. The standard InChI is InChI=1S/C11H17ClN2S/c12-10-8-15-11(14-10)13-9-6-4-2-1-3-5-7-9/h8-9H,1-7H2,(H,13,14). The van der Waals surface area contributed by atoms with Gasteiger partial charge in [0.25, 0.3) is 0 Å². The van der Waals surface area contributed by atoms with Crippen molar-refractivity contribution in [3.63, 3.8) is 0 Å². The first kappa shape index (κ1) is 11.2. The van der Waals surface area contributed by atoms with E-state index in [0.717, 1.165) is 5.13 Å². The van der Waals surface area contributed by atoms with Crippen LogP contribution in [-0.2, 0) is 0 Å². The number of aromatic nitrogens is 1. The van der Waals surface area contributed by atoms with Gasteiger partial charge >= 0.3 is 0 Å². The van der Waals surface area contributed by atoms with Crippen molar-refractivity contribution >= 4 is 28.1 Å². The van der Waals surface area contributed by atoms with Crippen molar-refractivity contribution in [2.24, 2.45) is 0 Å². The highest BCUT2D eigenvalue weighted by atomic mass is 35.5. The molecule has 1 aliphatic rings. The molecule has 0 bridgehead atoms. The maximum atomic E-state index is 5.80. The maximum absolute atomic E-state index is 5.80. The summed E-state index contributed by atoms with van der Waals surface area (Å²) in [6, 6.07) is 0.604. The molecule has 1 aromatic heterocycles. The van der Waals surface area contributed by atoms with E-state index in [1.165, 1.54) is 44.9 Å². The Bertz CT molecular complexity index is 293. The molecule has 1 aliphatic carbocycles. The van der Waals surface area contributed by atoms with Gasteiger partial charge in [-0.15, -0.1) is 11.3 Å². The highest BCUT2D eigenvalue weighted by Gasteiger charge is 2.12. The second-order valence-corrected chi connectivity index (χ2v) is 5.41. The molecule has 1 fully saturated rings. The number of rotatable bonds is 2. The van der Waals surface area contributed by atoms with Crippen LogP contribution >= 0.6 is 22.9 Å². The third-order valence-corrected chi connectivity index (χ3v) is 4.01. The Morgan fingerprint density at radius 1 is 1.20 bits per heavy atom. The molecule has 84 valence electrons. The highest BCUT2D eigenvalue weighted by Crippen LogP contribution is 2.24. The van der Waals surface area contributed by atoms with Gasteiger partial charge in [0, 0.05) is 11.4 Å². The number of halogens is 1. The SMILES string of the molecule is Clc1csc(NC2CCCCCCC2)n1. The number of anilines is 1. The van der Waals surface area contributed by atoms with Gasteiger partial charge in [0.2, 0.25) is 0 Å². The van der Waals surface area contributed by atoms with E-state index in [0.29, 0.717) is 11.2 Å². The molecule has 0 radical (unpaired) electrons. The molecule has 0 saturated heterocycles. The van der Waals surface area contributed by atoms with Gasteiger partial charge in [0.05, 0.1) is 0 Å². The molecule has 1 saturated carbocycles. The van der Waals surface area contributed by atoms with Crippen LogP contribution in [0.2, 0.25) is 5.15 Å². The van der Waals surface area contributed by atoms with E-state index in [1.807, 2.05) is 5.38 Å². The Labute approximate surface area is 100 Å². The topological polar surface area (TPSA) is 24.9 Å². The molecule has 0 spiro atoms. The molecule has 1 heterocycles. The predicted octanol–water partition coefficient (Wildman–Crippen LogP) is 4.32. The van der Waals surface area contributed by atoms with Crippen LogP contribution in [0.25, 0.3) is 0 Å². The van der Waals surface area contributed by atoms with Crippen LogP contribution in [-0.4, -0.2) is 11.0 Å². The van der Waals surface area contributed by atoms with Crippen molar-refractivity contribution in [1.82, 2.24) is 4.98 Å². The van der Waals surface area contributed by atoms with Gasteiger partial charge in [-0.25, -0.2) is 4.98 Å². The fourth-order valence-corrected chi connectivity index (χ4v) is 3.01. The molecule has 15 heavy (non-hydrogen) atoms. The summed E-state index contributed by atoms with van der Waals surface area (Å²) in [5, 5.41) is 6.96. The van der Waals surface area contributed by atoms with Crippen LogP contribution in [0.3, 0.4) is 0 Å². The molecule has 1 aromatic rings. The maximum Gasteiger partial charge on any atom is 0.184 e. The fourth-order valence-electron chi connectivity index (χ4n) is 2.10. The van der Waals surface area contributed by atoms with Crippen LogP contribution in [0, 0.1) is 0 Å². The largest absolute Gasteiger partial charge is 0.359 e. The van der Waals surface area contributed by atoms with Gasteiger partial charge in [-0.05, 0) is 12.8 Å². The van der Waals surface area contributed by atoms with Crippen molar-refractivity contribution in [3.8, 4) is 0 Å². The zero-order chi connectivity index (χ0) is 10.5. The average Bonchev–Trinajstić information content (AvgIpc) is 2.56. The van der Waals surface area contributed by atoms with Gasteiger partial charge in [-0.3, -0.25) is 0 Å². The molecule has 0 amide bonds. The number of nitrogens with zero attached hydrogens (tertiary/aromatic N) is 1. The van der Waals surface area contributed by atoms with E-state index in [4.69, 9.17) is 11.6 Å². The van der Waals surface area contributed by atoms with Gasteiger partial charge in [-0.1, -0.05) is 43.7 Å². The van der Waals surface area contributed by atoms with Crippen molar-refractivity contribution in [1.29, 1.82) is 0 Å². The Kier molecular flexibility index (Phi) is 4.27. The van der Waals surface area contributed by atoms with Gasteiger partial charge in [-0.2, -0.15) is 0 Å². The van der Waals surface area contributed by atoms with E-state index < -0.39 is 0 Å². The van der Waals surface area contributed by atoms with Crippen LogP contribution < -0.4 is 5.32 Å². The lowest BCUT2D eigenvalue weighted by atomic mass is 9.97. The normalized spacial score (nSPS) is 19.5. The summed E-state index contributed by atoms with van der Waals surface area (Å²) >= 11 is 7.40. The molecule has 0 atom stereocenters. The molecule has 0 aliphatic heterocycles. The van der Waals surface area contributed by atoms with E-state index in [2.05, 4.69) is 10.3 Å². The monoisotopic (exact) mass is 244 g/mol. The summed E-state index contributed by atoms with van der Waals surface area (Å²) in [7, 11) is 0. The third kappa shape index (κ3) is 3.65. The lowest BCUT2D eigenvalue weighted by Crippen LogP contribution is -2.20. The molecule has 1 N–H and O–H groups in total. The van der Waals surface area contributed by atoms with Gasteiger partial charge in [0.15, 0.2) is 5.13 Å². The fraction of sp³-hybridized carbons (Fsp3) is 0.727. The summed E-state index contributed by atoms with van der Waals surface area (Å²) in [5.74, 6) is 0. The van der Waals surface area contributed by atoms with E-state index >= 15 is 0 Å². The molecular weight excluding hydrogens is 228 g/mol. The van der Waals surface area contributed by atoms with Gasteiger partial charge in [0.1, 0.15) is 5.15 Å². The first-order chi connectivity index (χ1) is 7.34. The molecule has 2 rings (SSSR count). The predicted molar refractivity (Wildman–Crippen MR) is 66.9 cm³/mol. The minimum atomic E-state index is 0.604. The second-order valence-electron chi connectivity index (χ2n) is 4.16. The number of hydrogen-bond donors (Lipinski definition) is 1. The van der Waals surface area contributed by atoms with Gasteiger partial charge < -0.3 is 5.32 Å². The van der Waals surface area contributed by atoms with Crippen molar-refractivity contribution in [2.75, 3.05) is 5.32 Å². The van der Waals surface area contributed by atoms with Crippen LogP contribution in [0.4, 0.5) is 5.13 Å². The first-order valence-electron chi connectivity index (χ1n) is 5.72. The quantitative estimate of drug-likeness (QED) is 0.838. The van der Waals surface area contributed by atoms with E-state index in [1.54, 1.807) is 11.3 Å². The molecule has 4 heteroatoms. The molecule has 0 unspecified atom stereocenters. The summed E-state index contributed by atoms with van der Waals surface area (Å²) in [6.45, 7) is 0. The van der Waals surface area contributed by atoms with Crippen LogP contribution in [0.1, 0.15) is 44.9 Å². The Morgan fingerprint density at radius 3 is 2.47 bits per heavy atom. The molecular formula is C11H17ClN2S.